The molecule has 0 aromatic carbocycles. The van der Waals surface area contributed by atoms with Crippen molar-refractivity contribution in [3.05, 3.63) is 22.6 Å². The van der Waals surface area contributed by atoms with Crippen LogP contribution in [0, 0.1) is 10.1 Å². The van der Waals surface area contributed by atoms with E-state index in [-0.39, 0.29) is 18.2 Å². The van der Waals surface area contributed by atoms with Gasteiger partial charge in [0.2, 0.25) is 0 Å². The van der Waals surface area contributed by atoms with Gasteiger partial charge in [0.15, 0.2) is 6.33 Å². The number of nitro groups is 1. The second kappa shape index (κ2) is 5.56. The van der Waals surface area contributed by atoms with Crippen LogP contribution in [0.5, 0.6) is 0 Å². The summed E-state index contributed by atoms with van der Waals surface area (Å²) >= 11 is 5.45. The number of aromatic nitrogens is 2. The predicted octanol–water partition coefficient (Wildman–Crippen LogP) is 0.508. The van der Waals surface area contributed by atoms with E-state index in [1.165, 1.54) is 0 Å². The number of phosphoric acid groups is 1. The maximum Gasteiger partial charge on any atom is 0.470 e. The highest BCUT2D eigenvalue weighted by molar-refractivity contribution is 7.46. The van der Waals surface area contributed by atoms with Gasteiger partial charge < -0.3 is 19.9 Å². The van der Waals surface area contributed by atoms with Crippen molar-refractivity contribution in [3.8, 4) is 0 Å². The summed E-state index contributed by atoms with van der Waals surface area (Å²) in [4.78, 5) is 30.6. The lowest BCUT2D eigenvalue weighted by Gasteiger charge is -2.13. The van der Waals surface area contributed by atoms with E-state index in [1.54, 1.807) is 0 Å². The highest BCUT2D eigenvalue weighted by atomic mass is 35.5. The third-order valence-corrected chi connectivity index (χ3v) is 2.65. The summed E-state index contributed by atoms with van der Waals surface area (Å²) in [5, 5.41) is 10.6. The molecule has 0 amide bonds. The number of halogens is 1. The van der Waals surface area contributed by atoms with Crippen molar-refractivity contribution in [2.75, 3.05) is 5.88 Å². The summed E-state index contributed by atoms with van der Waals surface area (Å²) in [7, 11) is -4.68. The largest absolute Gasteiger partial charge is 0.470 e. The van der Waals surface area contributed by atoms with Gasteiger partial charge >= 0.3 is 13.6 Å². The molecule has 0 saturated heterocycles. The fourth-order valence-electron chi connectivity index (χ4n) is 1.13. The van der Waals surface area contributed by atoms with E-state index in [9.17, 15) is 14.7 Å². The van der Waals surface area contributed by atoms with Crippen molar-refractivity contribution in [1.29, 1.82) is 0 Å². The number of hydrogen-bond acceptors (Lipinski definition) is 5. The molecule has 0 spiro atoms. The Balaban J connectivity index is 2.77. The number of nitrogens with zero attached hydrogens (tertiary/aromatic N) is 3. The van der Waals surface area contributed by atoms with E-state index >= 15 is 0 Å². The van der Waals surface area contributed by atoms with Gasteiger partial charge in [0.25, 0.3) is 0 Å². The van der Waals surface area contributed by atoms with Crippen LogP contribution in [-0.2, 0) is 15.6 Å². The highest BCUT2D eigenvalue weighted by Crippen LogP contribution is 2.38. The van der Waals surface area contributed by atoms with Crippen molar-refractivity contribution in [1.82, 2.24) is 9.55 Å². The van der Waals surface area contributed by atoms with E-state index in [0.717, 1.165) is 17.1 Å². The van der Waals surface area contributed by atoms with Gasteiger partial charge in [-0.1, -0.05) is 0 Å². The van der Waals surface area contributed by atoms with Crippen LogP contribution in [0.3, 0.4) is 0 Å². The Bertz CT molecular complexity index is 445. The number of phosphoric ester groups is 1. The molecule has 1 aromatic rings. The molecule has 0 radical (unpaired) electrons. The van der Waals surface area contributed by atoms with Crippen molar-refractivity contribution in [2.45, 2.75) is 12.6 Å². The van der Waals surface area contributed by atoms with Gasteiger partial charge in [-0.3, -0.25) is 4.52 Å². The molecule has 11 heteroatoms. The van der Waals surface area contributed by atoms with E-state index < -0.39 is 18.8 Å². The van der Waals surface area contributed by atoms with Crippen LogP contribution in [0.1, 0.15) is 0 Å². The Morgan fingerprint density at radius 3 is 2.82 bits per heavy atom. The molecule has 1 rings (SSSR count). The summed E-state index contributed by atoms with van der Waals surface area (Å²) < 4.78 is 16.0. The second-order valence-corrected chi connectivity index (χ2v) is 4.53. The van der Waals surface area contributed by atoms with E-state index in [0.29, 0.717) is 0 Å². The first-order valence-corrected chi connectivity index (χ1v) is 6.34. The maximum absolute atomic E-state index is 10.6. The van der Waals surface area contributed by atoms with E-state index in [2.05, 4.69) is 9.51 Å². The normalized spacial score (nSPS) is 13.6. The van der Waals surface area contributed by atoms with Gasteiger partial charge in [-0.25, -0.2) is 14.1 Å². The number of rotatable bonds is 6. The Morgan fingerprint density at radius 1 is 1.71 bits per heavy atom. The maximum atomic E-state index is 10.6. The molecule has 0 aliphatic rings. The minimum atomic E-state index is -4.68. The molecule has 0 fully saturated rings. The molecular weight excluding hydrogens is 277 g/mol. The summed E-state index contributed by atoms with van der Waals surface area (Å²) in [5.74, 6) is -0.532. The number of hydrogen-bond donors (Lipinski definition) is 2. The minimum absolute atomic E-state index is 0.176. The fraction of sp³-hybridized carbons (Fsp3) is 0.500. The summed E-state index contributed by atoms with van der Waals surface area (Å²) in [6, 6.07) is 0. The molecule has 1 heterocycles. The molecule has 17 heavy (non-hydrogen) atoms. The van der Waals surface area contributed by atoms with E-state index in [1.807, 2.05) is 0 Å². The van der Waals surface area contributed by atoms with Crippen molar-refractivity contribution >= 4 is 25.2 Å². The van der Waals surface area contributed by atoms with Gasteiger partial charge in [-0.05, 0) is 4.92 Å². The zero-order valence-electron chi connectivity index (χ0n) is 8.34. The molecule has 96 valence electrons. The Hall–Kier alpha value is -0.990. The smallest absolute Gasteiger partial charge is 0.358 e. The van der Waals surface area contributed by atoms with Gasteiger partial charge in [0.05, 0.1) is 5.88 Å². The molecule has 0 aliphatic carbocycles. The average Bonchev–Trinajstić information content (AvgIpc) is 2.62. The third kappa shape index (κ3) is 4.41. The Morgan fingerprint density at radius 2 is 2.35 bits per heavy atom. The molecule has 2 N–H and O–H groups in total. The van der Waals surface area contributed by atoms with Gasteiger partial charge in [-0.15, -0.1) is 11.6 Å². The Labute approximate surface area is 100 Å². The zero-order chi connectivity index (χ0) is 13.1. The lowest BCUT2D eigenvalue weighted by atomic mass is 10.4. The van der Waals surface area contributed by atoms with Gasteiger partial charge in [-0.2, -0.15) is 0 Å². The van der Waals surface area contributed by atoms with Crippen LogP contribution >= 0.6 is 19.4 Å². The first kappa shape index (κ1) is 14.1. The van der Waals surface area contributed by atoms with E-state index in [4.69, 9.17) is 21.4 Å². The van der Waals surface area contributed by atoms with Crippen molar-refractivity contribution < 1.29 is 23.8 Å². The van der Waals surface area contributed by atoms with Crippen molar-refractivity contribution in [2.24, 2.45) is 0 Å². The number of imidazole rings is 1. The highest BCUT2D eigenvalue weighted by Gasteiger charge is 2.25. The predicted molar refractivity (Wildman–Crippen MR) is 56.5 cm³/mol. The zero-order valence-corrected chi connectivity index (χ0v) is 9.99. The molecule has 1 aromatic heterocycles. The monoisotopic (exact) mass is 285 g/mol. The summed E-state index contributed by atoms with van der Waals surface area (Å²) in [6.45, 7) is -0.176. The quantitative estimate of drug-likeness (QED) is 0.337. The summed E-state index contributed by atoms with van der Waals surface area (Å²) in [5.41, 5.74) is 0. The Kier molecular flexibility index (Phi) is 4.61. The van der Waals surface area contributed by atoms with Crippen molar-refractivity contribution in [3.63, 3.8) is 0 Å². The van der Waals surface area contributed by atoms with Gasteiger partial charge in [0, 0.05) is 0 Å². The molecule has 0 unspecified atom stereocenters. The van der Waals surface area contributed by atoms with Gasteiger partial charge in [0.1, 0.15) is 18.8 Å². The molecule has 0 aliphatic heterocycles. The average molecular weight is 286 g/mol. The standard InChI is InChI=1S/C6H9ClN3O6P/c7-1-5(16-17(13,14)15)3-9-4-8-2-6(9)10(11)12/h2,4-5H,1,3H2,(H2,13,14,15)/t5-/m1/s1. The third-order valence-electron chi connectivity index (χ3n) is 1.74. The molecule has 1 atom stereocenters. The lowest BCUT2D eigenvalue weighted by molar-refractivity contribution is -0.392. The topological polar surface area (TPSA) is 128 Å². The van der Waals surface area contributed by atoms with Crippen LogP contribution in [0.15, 0.2) is 12.5 Å². The molecule has 0 bridgehead atoms. The fourth-order valence-corrected chi connectivity index (χ4v) is 1.91. The molecular formula is C6H9ClN3O6P. The summed E-state index contributed by atoms with van der Waals surface area (Å²) in [6.07, 6.45) is 1.12. The lowest BCUT2D eigenvalue weighted by Crippen LogP contribution is -2.21. The van der Waals surface area contributed by atoms with Crippen LogP contribution in [0.4, 0.5) is 5.82 Å². The first-order chi connectivity index (χ1) is 7.83. The van der Waals surface area contributed by atoms with Crippen LogP contribution in [-0.4, -0.2) is 36.2 Å². The molecule has 9 nitrogen and oxygen atoms in total. The molecule has 0 saturated carbocycles. The van der Waals surface area contributed by atoms with Crippen LogP contribution < -0.4 is 0 Å². The van der Waals surface area contributed by atoms with Crippen LogP contribution in [0.25, 0.3) is 0 Å². The minimum Gasteiger partial charge on any atom is -0.358 e. The first-order valence-electron chi connectivity index (χ1n) is 4.28. The second-order valence-electron chi connectivity index (χ2n) is 3.03. The SMILES string of the molecule is O=[N+]([O-])c1cncn1C[C@@H](CCl)OP(=O)(O)O. The number of alkyl halides is 1. The van der Waals surface area contributed by atoms with Crippen LogP contribution in [0.2, 0.25) is 0 Å².